The van der Waals surface area contributed by atoms with E-state index in [2.05, 4.69) is 5.32 Å². The lowest BCUT2D eigenvalue weighted by molar-refractivity contribution is -0.127. The van der Waals surface area contributed by atoms with Crippen LogP contribution < -0.4 is 5.32 Å². The zero-order valence-corrected chi connectivity index (χ0v) is 15.3. The third kappa shape index (κ3) is 3.02. The topological polar surface area (TPSA) is 66.5 Å². The van der Waals surface area contributed by atoms with E-state index in [9.17, 15) is 13.2 Å². The molecule has 2 bridgehead atoms. The quantitative estimate of drug-likeness (QED) is 0.888. The number of nitrogens with one attached hydrogen (secondary N) is 1. The number of fused-ring (bicyclic) bond motifs is 2. The predicted molar refractivity (Wildman–Crippen MR) is 93.2 cm³/mol. The summed E-state index contributed by atoms with van der Waals surface area (Å²) in [4.78, 5) is 12.7. The van der Waals surface area contributed by atoms with Crippen LogP contribution in [0, 0.1) is 17.8 Å². The zero-order chi connectivity index (χ0) is 16.7. The van der Waals surface area contributed by atoms with E-state index in [0.717, 1.165) is 25.2 Å². The van der Waals surface area contributed by atoms with Crippen molar-refractivity contribution in [3.8, 4) is 0 Å². The van der Waals surface area contributed by atoms with Gasteiger partial charge in [-0.05, 0) is 55.4 Å². The lowest BCUT2D eigenvalue weighted by Gasteiger charge is -2.32. The lowest BCUT2D eigenvalue weighted by atomic mass is 9.93. The molecule has 7 heteroatoms. The van der Waals surface area contributed by atoms with Crippen molar-refractivity contribution in [2.45, 2.75) is 48.8 Å². The number of piperidine rings is 1. The van der Waals surface area contributed by atoms with E-state index >= 15 is 0 Å². The molecule has 1 amide bonds. The van der Waals surface area contributed by atoms with Crippen LogP contribution in [0.1, 0.15) is 38.5 Å². The molecule has 3 aliphatic rings. The van der Waals surface area contributed by atoms with E-state index in [1.807, 2.05) is 0 Å². The van der Waals surface area contributed by atoms with Crippen LogP contribution in [-0.4, -0.2) is 37.8 Å². The van der Waals surface area contributed by atoms with Crippen LogP contribution in [0.15, 0.2) is 21.7 Å². The van der Waals surface area contributed by atoms with Gasteiger partial charge in [-0.15, -0.1) is 11.3 Å². The Morgan fingerprint density at radius 2 is 2.12 bits per heavy atom. The van der Waals surface area contributed by atoms with Crippen molar-refractivity contribution < 1.29 is 13.2 Å². The summed E-state index contributed by atoms with van der Waals surface area (Å²) >= 11 is 1.24. The molecule has 4 rings (SSSR count). The van der Waals surface area contributed by atoms with Gasteiger partial charge in [0.15, 0.2) is 0 Å². The van der Waals surface area contributed by atoms with E-state index in [4.69, 9.17) is 0 Å². The second-order valence-corrected chi connectivity index (χ2v) is 10.5. The summed E-state index contributed by atoms with van der Waals surface area (Å²) in [7, 11) is -3.45. The molecule has 132 valence electrons. The van der Waals surface area contributed by atoms with Gasteiger partial charge in [0.25, 0.3) is 10.0 Å². The highest BCUT2D eigenvalue weighted by molar-refractivity contribution is 7.91. The molecule has 0 spiro atoms. The van der Waals surface area contributed by atoms with Crippen LogP contribution in [-0.2, 0) is 14.8 Å². The van der Waals surface area contributed by atoms with Gasteiger partial charge in [-0.25, -0.2) is 8.42 Å². The third-order valence-corrected chi connectivity index (χ3v) is 9.15. The molecule has 2 aliphatic carbocycles. The largest absolute Gasteiger partial charge is 0.353 e. The molecule has 0 radical (unpaired) electrons. The monoisotopic (exact) mass is 368 g/mol. The van der Waals surface area contributed by atoms with Gasteiger partial charge in [-0.1, -0.05) is 12.5 Å². The number of rotatable bonds is 4. The molecule has 5 nitrogen and oxygen atoms in total. The first-order chi connectivity index (χ1) is 11.5. The summed E-state index contributed by atoms with van der Waals surface area (Å²) in [5.41, 5.74) is 0. The Hall–Kier alpha value is -0.920. The maximum atomic E-state index is 12.7. The fourth-order valence-electron chi connectivity index (χ4n) is 4.63. The van der Waals surface area contributed by atoms with Crippen molar-refractivity contribution in [2.75, 3.05) is 13.1 Å². The molecule has 1 aromatic rings. The number of carbonyl (C=O) groups excluding carboxylic acids is 1. The van der Waals surface area contributed by atoms with E-state index in [-0.39, 0.29) is 11.8 Å². The Balaban J connectivity index is 1.40. The standard InChI is InChI=1S/C17H24N2O3S2/c20-17(18-15-10-12-5-6-13(15)9-12)14-3-1-7-19(11-14)24(21,22)16-4-2-8-23-16/h2,4,8,12-15H,1,3,5-7,9-11H2,(H,18,20)/t12-,13-,14-,15-/m1/s1. The van der Waals surface area contributed by atoms with Crippen LogP contribution in [0.3, 0.4) is 0 Å². The Morgan fingerprint density at radius 3 is 2.79 bits per heavy atom. The Morgan fingerprint density at radius 1 is 1.25 bits per heavy atom. The number of thiophene rings is 1. The highest BCUT2D eigenvalue weighted by Gasteiger charge is 2.41. The maximum Gasteiger partial charge on any atom is 0.252 e. The van der Waals surface area contributed by atoms with Crippen molar-refractivity contribution in [1.29, 1.82) is 0 Å². The smallest absolute Gasteiger partial charge is 0.252 e. The van der Waals surface area contributed by atoms with Gasteiger partial charge in [-0.2, -0.15) is 4.31 Å². The highest BCUT2D eigenvalue weighted by atomic mass is 32.2. The van der Waals surface area contributed by atoms with Gasteiger partial charge in [0.05, 0.1) is 5.92 Å². The van der Waals surface area contributed by atoms with Crippen LogP contribution in [0.2, 0.25) is 0 Å². The van der Waals surface area contributed by atoms with E-state index < -0.39 is 10.0 Å². The summed E-state index contributed by atoms with van der Waals surface area (Å²) < 4.78 is 27.2. The number of sulfonamides is 1. The normalized spacial score (nSPS) is 33.7. The van der Waals surface area contributed by atoms with E-state index in [1.165, 1.54) is 34.9 Å². The van der Waals surface area contributed by atoms with Crippen molar-refractivity contribution in [3.05, 3.63) is 17.5 Å². The minimum atomic E-state index is -3.45. The van der Waals surface area contributed by atoms with E-state index in [0.29, 0.717) is 29.3 Å². The molecule has 1 N–H and O–H groups in total. The van der Waals surface area contributed by atoms with Crippen LogP contribution in [0.25, 0.3) is 0 Å². The minimum absolute atomic E-state index is 0.0543. The molecule has 2 heterocycles. The lowest BCUT2D eigenvalue weighted by Crippen LogP contribution is -2.48. The average Bonchev–Trinajstić information content (AvgIpc) is 3.32. The van der Waals surface area contributed by atoms with E-state index in [1.54, 1.807) is 17.5 Å². The molecule has 0 aromatic carbocycles. The fraction of sp³-hybridized carbons (Fsp3) is 0.706. The number of hydrogen-bond donors (Lipinski definition) is 1. The van der Waals surface area contributed by atoms with Gasteiger partial charge in [0.1, 0.15) is 4.21 Å². The number of hydrogen-bond acceptors (Lipinski definition) is 4. The summed E-state index contributed by atoms with van der Waals surface area (Å²) in [6.07, 6.45) is 6.45. The molecule has 3 fully saturated rings. The third-order valence-electron chi connectivity index (χ3n) is 5.91. The number of carbonyl (C=O) groups is 1. The maximum absolute atomic E-state index is 12.7. The zero-order valence-electron chi connectivity index (χ0n) is 13.7. The Bertz CT molecular complexity index is 701. The van der Waals surface area contributed by atoms with Crippen LogP contribution >= 0.6 is 11.3 Å². The fourth-order valence-corrected chi connectivity index (χ4v) is 7.30. The van der Waals surface area contributed by atoms with Gasteiger partial charge >= 0.3 is 0 Å². The van der Waals surface area contributed by atoms with Gasteiger partial charge in [-0.3, -0.25) is 4.79 Å². The van der Waals surface area contributed by atoms with Crippen molar-refractivity contribution >= 4 is 27.3 Å². The SMILES string of the molecule is O=C(N[C@@H]1C[C@@H]2CC[C@@H]1C2)[C@@H]1CCCN(S(=O)(=O)c2cccs2)C1. The van der Waals surface area contributed by atoms with Crippen LogP contribution in [0.5, 0.6) is 0 Å². The van der Waals surface area contributed by atoms with Crippen molar-refractivity contribution in [2.24, 2.45) is 17.8 Å². The summed E-state index contributed by atoms with van der Waals surface area (Å²) in [6.45, 7) is 0.824. The first-order valence-corrected chi connectivity index (χ1v) is 11.2. The molecular formula is C17H24N2O3S2. The summed E-state index contributed by atoms with van der Waals surface area (Å²) in [5.74, 6) is 1.28. The molecule has 24 heavy (non-hydrogen) atoms. The molecule has 0 unspecified atom stereocenters. The number of nitrogens with zero attached hydrogens (tertiary/aromatic N) is 1. The molecule has 1 aromatic heterocycles. The number of amides is 1. The second-order valence-electron chi connectivity index (χ2n) is 7.42. The molecule has 4 atom stereocenters. The van der Waals surface area contributed by atoms with Gasteiger partial charge < -0.3 is 5.32 Å². The van der Waals surface area contributed by atoms with Crippen molar-refractivity contribution in [1.82, 2.24) is 9.62 Å². The Labute approximate surface area is 147 Å². The van der Waals surface area contributed by atoms with Crippen LogP contribution in [0.4, 0.5) is 0 Å². The van der Waals surface area contributed by atoms with Crippen molar-refractivity contribution in [3.63, 3.8) is 0 Å². The molecule has 2 saturated carbocycles. The second kappa shape index (κ2) is 6.42. The molecule has 1 saturated heterocycles. The van der Waals surface area contributed by atoms with Gasteiger partial charge in [0.2, 0.25) is 5.91 Å². The summed E-state index contributed by atoms with van der Waals surface area (Å²) in [6, 6.07) is 3.71. The Kier molecular flexibility index (Phi) is 4.43. The average molecular weight is 369 g/mol. The molecule has 1 aliphatic heterocycles. The summed E-state index contributed by atoms with van der Waals surface area (Å²) in [5, 5.41) is 5.00. The first kappa shape index (κ1) is 16.5. The minimum Gasteiger partial charge on any atom is -0.353 e. The molecular weight excluding hydrogens is 344 g/mol. The highest BCUT2D eigenvalue weighted by Crippen LogP contribution is 2.44. The first-order valence-electron chi connectivity index (χ1n) is 8.88. The van der Waals surface area contributed by atoms with Gasteiger partial charge in [0, 0.05) is 19.1 Å². The predicted octanol–water partition coefficient (Wildman–Crippen LogP) is 2.45.